The Labute approximate surface area is 215 Å². The van der Waals surface area contributed by atoms with E-state index in [-0.39, 0.29) is 5.82 Å². The van der Waals surface area contributed by atoms with E-state index in [0.717, 1.165) is 72.7 Å². The van der Waals surface area contributed by atoms with E-state index in [1.54, 1.807) is 6.07 Å². The van der Waals surface area contributed by atoms with Gasteiger partial charge >= 0.3 is 0 Å². The van der Waals surface area contributed by atoms with Gasteiger partial charge in [0.25, 0.3) is 0 Å². The zero-order valence-electron chi connectivity index (χ0n) is 21.1. The lowest BCUT2D eigenvalue weighted by Crippen LogP contribution is -2.33. The highest BCUT2D eigenvalue weighted by atomic mass is 19.1. The minimum Gasteiger partial charge on any atom is -0.327 e. The van der Waals surface area contributed by atoms with E-state index in [9.17, 15) is 4.39 Å². The highest BCUT2D eigenvalue weighted by Gasteiger charge is 2.29. The van der Waals surface area contributed by atoms with Crippen molar-refractivity contribution in [3.8, 4) is 11.3 Å². The molecule has 0 atom stereocenters. The number of para-hydroxylation sites is 2. The fraction of sp³-hybridized carbons (Fsp3) is 0.367. The molecule has 5 aromatic rings. The topological polar surface area (TPSA) is 51.8 Å². The molecule has 0 unspecified atom stereocenters. The van der Waals surface area contributed by atoms with Crippen molar-refractivity contribution in [2.75, 3.05) is 13.1 Å². The summed E-state index contributed by atoms with van der Waals surface area (Å²) in [5.41, 5.74) is 6.86. The Kier molecular flexibility index (Phi) is 5.54. The smallest absolute Gasteiger partial charge is 0.123 e. The minimum atomic E-state index is -0.264. The quantitative estimate of drug-likeness (QED) is 0.294. The predicted octanol–water partition coefficient (Wildman–Crippen LogP) is 5.91. The van der Waals surface area contributed by atoms with Gasteiger partial charge in [-0.25, -0.2) is 9.37 Å². The maximum atomic E-state index is 13.8. The highest BCUT2D eigenvalue weighted by molar-refractivity contribution is 5.90. The second-order valence-electron chi connectivity index (χ2n) is 10.8. The van der Waals surface area contributed by atoms with E-state index < -0.39 is 0 Å². The Hall–Kier alpha value is -3.58. The van der Waals surface area contributed by atoms with Crippen molar-refractivity contribution in [2.24, 2.45) is 13.0 Å². The number of imidazole rings is 1. The summed E-state index contributed by atoms with van der Waals surface area (Å²) in [6.07, 6.45) is 6.90. The molecule has 7 heteroatoms. The van der Waals surface area contributed by atoms with Crippen LogP contribution in [0.4, 0.5) is 4.39 Å². The molecule has 6 nitrogen and oxygen atoms in total. The molecule has 4 heterocycles. The van der Waals surface area contributed by atoms with Crippen LogP contribution in [-0.4, -0.2) is 42.3 Å². The number of likely N-dealkylation sites (tertiary alicyclic amines) is 1. The molecule has 188 valence electrons. The Morgan fingerprint density at radius 2 is 1.78 bits per heavy atom. The molecular weight excluding hydrogens is 463 g/mol. The number of hydrogen-bond donors (Lipinski definition) is 0. The first-order chi connectivity index (χ1) is 18.1. The Bertz CT molecular complexity index is 1590. The highest BCUT2D eigenvalue weighted by Crippen LogP contribution is 2.36. The summed E-state index contributed by atoms with van der Waals surface area (Å²) in [5, 5.41) is 4.65. The molecule has 0 radical (unpaired) electrons. The van der Waals surface area contributed by atoms with E-state index in [2.05, 4.69) is 44.9 Å². The van der Waals surface area contributed by atoms with Crippen LogP contribution in [0.2, 0.25) is 0 Å². The standard InChI is InChI=1S/C30H31FN6/c1-35-27-15-21(17-32-29(27)28(34-35)23-5-4-6-24(31)16-23)18-36-13-11-22(12-14-36)30-33-25-7-2-3-8-26(25)37(30)19-20-9-10-20/h2-8,15-17,20,22H,9-14,18-19H2,1H3. The van der Waals surface area contributed by atoms with Gasteiger partial charge in [-0.3, -0.25) is 14.6 Å². The SMILES string of the molecule is Cn1nc(-c2cccc(F)c2)c2ncc(CN3CCC(c4nc5ccccc5n4CC4CC4)CC3)cc21. The van der Waals surface area contributed by atoms with Crippen LogP contribution in [0.3, 0.4) is 0 Å². The zero-order valence-corrected chi connectivity index (χ0v) is 21.1. The van der Waals surface area contributed by atoms with Gasteiger partial charge in [-0.1, -0.05) is 24.3 Å². The first-order valence-electron chi connectivity index (χ1n) is 13.4. The zero-order chi connectivity index (χ0) is 24.9. The molecular formula is C30H31FN6. The van der Waals surface area contributed by atoms with E-state index in [1.807, 2.05) is 24.0 Å². The summed E-state index contributed by atoms with van der Waals surface area (Å²) in [7, 11) is 1.93. The number of aromatic nitrogens is 5. The third-order valence-corrected chi connectivity index (χ3v) is 8.03. The van der Waals surface area contributed by atoms with Gasteiger partial charge in [-0.2, -0.15) is 5.10 Å². The summed E-state index contributed by atoms with van der Waals surface area (Å²) in [6.45, 7) is 4.09. The number of fused-ring (bicyclic) bond motifs is 2. The summed E-state index contributed by atoms with van der Waals surface area (Å²) < 4.78 is 18.2. The van der Waals surface area contributed by atoms with E-state index in [4.69, 9.17) is 9.97 Å². The molecule has 3 aromatic heterocycles. The second-order valence-corrected chi connectivity index (χ2v) is 10.8. The molecule has 1 aliphatic carbocycles. The molecule has 0 N–H and O–H groups in total. The van der Waals surface area contributed by atoms with E-state index in [0.29, 0.717) is 5.92 Å². The third kappa shape index (κ3) is 4.31. The number of benzene rings is 2. The maximum absolute atomic E-state index is 13.8. The molecule has 0 bridgehead atoms. The Morgan fingerprint density at radius 3 is 2.59 bits per heavy atom. The minimum absolute atomic E-state index is 0.264. The molecule has 2 fully saturated rings. The molecule has 1 aliphatic heterocycles. The van der Waals surface area contributed by atoms with Crippen LogP contribution in [0.15, 0.2) is 60.8 Å². The van der Waals surface area contributed by atoms with Crippen LogP contribution in [0.25, 0.3) is 33.3 Å². The van der Waals surface area contributed by atoms with Crippen LogP contribution < -0.4 is 0 Å². The van der Waals surface area contributed by atoms with Crippen molar-refractivity contribution in [3.05, 3.63) is 78.0 Å². The lowest BCUT2D eigenvalue weighted by atomic mass is 9.95. The molecule has 1 saturated heterocycles. The monoisotopic (exact) mass is 494 g/mol. The average Bonchev–Trinajstić information content (AvgIpc) is 3.58. The van der Waals surface area contributed by atoms with Crippen molar-refractivity contribution in [1.29, 1.82) is 0 Å². The average molecular weight is 495 g/mol. The Morgan fingerprint density at radius 1 is 0.946 bits per heavy atom. The summed E-state index contributed by atoms with van der Waals surface area (Å²) >= 11 is 0. The van der Waals surface area contributed by atoms with Crippen molar-refractivity contribution >= 4 is 22.1 Å². The molecule has 2 aliphatic rings. The van der Waals surface area contributed by atoms with Crippen LogP contribution in [-0.2, 0) is 20.1 Å². The molecule has 7 rings (SSSR count). The lowest BCUT2D eigenvalue weighted by molar-refractivity contribution is 0.200. The summed E-state index contributed by atoms with van der Waals surface area (Å²) in [5.74, 6) is 2.36. The first-order valence-corrected chi connectivity index (χ1v) is 13.4. The largest absolute Gasteiger partial charge is 0.327 e. The number of piperidine rings is 1. The van der Waals surface area contributed by atoms with Gasteiger partial charge in [-0.15, -0.1) is 0 Å². The number of aryl methyl sites for hydroxylation is 1. The van der Waals surface area contributed by atoms with Crippen molar-refractivity contribution in [1.82, 2.24) is 29.2 Å². The fourth-order valence-corrected chi connectivity index (χ4v) is 5.86. The number of pyridine rings is 1. The molecule has 2 aromatic carbocycles. The van der Waals surface area contributed by atoms with Gasteiger partial charge in [0.05, 0.1) is 16.6 Å². The third-order valence-electron chi connectivity index (χ3n) is 8.03. The van der Waals surface area contributed by atoms with E-state index in [1.165, 1.54) is 41.9 Å². The number of halogens is 1. The van der Waals surface area contributed by atoms with Crippen LogP contribution in [0, 0.1) is 11.7 Å². The van der Waals surface area contributed by atoms with Gasteiger partial charge < -0.3 is 4.57 Å². The van der Waals surface area contributed by atoms with Crippen molar-refractivity contribution in [3.63, 3.8) is 0 Å². The van der Waals surface area contributed by atoms with Crippen LogP contribution >= 0.6 is 0 Å². The van der Waals surface area contributed by atoms with Crippen molar-refractivity contribution < 1.29 is 4.39 Å². The predicted molar refractivity (Wildman–Crippen MR) is 144 cm³/mol. The van der Waals surface area contributed by atoms with Gasteiger partial charge in [0, 0.05) is 37.8 Å². The normalized spacial score (nSPS) is 17.2. The molecule has 0 amide bonds. The molecule has 37 heavy (non-hydrogen) atoms. The second kappa shape index (κ2) is 9.06. The Balaban J connectivity index is 1.07. The molecule has 0 spiro atoms. The number of rotatable bonds is 6. The fourth-order valence-electron chi connectivity index (χ4n) is 5.86. The van der Waals surface area contributed by atoms with Crippen LogP contribution in [0.1, 0.15) is 43.0 Å². The summed E-state index contributed by atoms with van der Waals surface area (Å²) in [4.78, 5) is 12.4. The van der Waals surface area contributed by atoms with Gasteiger partial charge in [0.15, 0.2) is 0 Å². The van der Waals surface area contributed by atoms with Crippen molar-refractivity contribution in [2.45, 2.75) is 44.7 Å². The van der Waals surface area contributed by atoms with Crippen LogP contribution in [0.5, 0.6) is 0 Å². The maximum Gasteiger partial charge on any atom is 0.123 e. The lowest BCUT2D eigenvalue weighted by Gasteiger charge is -2.32. The van der Waals surface area contributed by atoms with Gasteiger partial charge in [0.2, 0.25) is 0 Å². The van der Waals surface area contributed by atoms with Gasteiger partial charge in [0.1, 0.15) is 22.9 Å². The molecule has 1 saturated carbocycles. The number of nitrogens with zero attached hydrogens (tertiary/aromatic N) is 6. The first kappa shape index (κ1) is 22.6. The van der Waals surface area contributed by atoms with E-state index >= 15 is 0 Å². The number of hydrogen-bond acceptors (Lipinski definition) is 4. The summed E-state index contributed by atoms with van der Waals surface area (Å²) in [6, 6.07) is 17.3. The van der Waals surface area contributed by atoms with Gasteiger partial charge in [-0.05, 0) is 80.6 Å².